The van der Waals surface area contributed by atoms with Gasteiger partial charge in [0.2, 0.25) is 0 Å². The van der Waals surface area contributed by atoms with Crippen LogP contribution in [0.3, 0.4) is 0 Å². The van der Waals surface area contributed by atoms with Crippen molar-refractivity contribution in [3.05, 3.63) is 24.2 Å². The van der Waals surface area contributed by atoms with Gasteiger partial charge in [-0.05, 0) is 37.4 Å². The van der Waals surface area contributed by atoms with Crippen molar-refractivity contribution in [1.82, 2.24) is 5.32 Å². The molecule has 92 valence electrons. The Hall–Kier alpha value is -0.760. The second-order valence-corrected chi connectivity index (χ2v) is 4.55. The first kappa shape index (κ1) is 13.3. The lowest BCUT2D eigenvalue weighted by molar-refractivity contribution is 0.334. The Morgan fingerprint density at radius 2 is 2.12 bits per heavy atom. The highest BCUT2D eigenvalue weighted by Gasteiger charge is 2.15. The van der Waals surface area contributed by atoms with Crippen LogP contribution in [0.5, 0.6) is 0 Å². The Labute approximate surface area is 99.4 Å². The molecule has 2 nitrogen and oxygen atoms in total. The molecule has 2 heteroatoms. The maximum atomic E-state index is 5.37. The summed E-state index contributed by atoms with van der Waals surface area (Å²) in [6.45, 7) is 7.83. The third-order valence-corrected chi connectivity index (χ3v) is 3.18. The summed E-state index contributed by atoms with van der Waals surface area (Å²) in [6, 6.07) is 4.65. The fourth-order valence-corrected chi connectivity index (χ4v) is 2.26. The predicted molar refractivity (Wildman–Crippen MR) is 68.6 cm³/mol. The standard InChI is InChI=1S/C14H25NO/c1-4-7-12(3)14(15-5-2)10-9-13-8-6-11-16-13/h6,8,11-12,14-15H,4-5,7,9-10H2,1-3H3. The van der Waals surface area contributed by atoms with E-state index < -0.39 is 0 Å². The van der Waals surface area contributed by atoms with E-state index in [4.69, 9.17) is 4.42 Å². The summed E-state index contributed by atoms with van der Waals surface area (Å²) in [5.74, 6) is 1.85. The molecule has 1 rings (SSSR count). The second-order valence-electron chi connectivity index (χ2n) is 4.55. The van der Waals surface area contributed by atoms with E-state index in [1.165, 1.54) is 19.3 Å². The molecule has 1 heterocycles. The lowest BCUT2D eigenvalue weighted by Crippen LogP contribution is -2.35. The molecule has 0 radical (unpaired) electrons. The fourth-order valence-electron chi connectivity index (χ4n) is 2.26. The summed E-state index contributed by atoms with van der Waals surface area (Å²) < 4.78 is 5.37. The average Bonchev–Trinajstić information content (AvgIpc) is 2.77. The Morgan fingerprint density at radius 1 is 1.31 bits per heavy atom. The summed E-state index contributed by atoms with van der Waals surface area (Å²) >= 11 is 0. The van der Waals surface area contributed by atoms with Crippen LogP contribution in [0, 0.1) is 5.92 Å². The van der Waals surface area contributed by atoms with Crippen LogP contribution in [-0.4, -0.2) is 12.6 Å². The molecule has 1 aromatic rings. The van der Waals surface area contributed by atoms with Gasteiger partial charge in [0.25, 0.3) is 0 Å². The molecular weight excluding hydrogens is 198 g/mol. The molecule has 16 heavy (non-hydrogen) atoms. The largest absolute Gasteiger partial charge is 0.469 e. The van der Waals surface area contributed by atoms with Gasteiger partial charge in [-0.2, -0.15) is 0 Å². The first-order valence-electron chi connectivity index (χ1n) is 6.53. The van der Waals surface area contributed by atoms with Gasteiger partial charge >= 0.3 is 0 Å². The predicted octanol–water partition coefficient (Wildman–Crippen LogP) is 3.63. The smallest absolute Gasteiger partial charge is 0.103 e. The van der Waals surface area contributed by atoms with Crippen molar-refractivity contribution in [2.45, 2.75) is 52.5 Å². The summed E-state index contributed by atoms with van der Waals surface area (Å²) in [5.41, 5.74) is 0. The number of rotatable bonds is 8. The molecule has 0 spiro atoms. The Morgan fingerprint density at radius 3 is 2.69 bits per heavy atom. The molecule has 0 fully saturated rings. The van der Waals surface area contributed by atoms with Crippen molar-refractivity contribution >= 4 is 0 Å². The molecule has 1 aromatic heterocycles. The van der Waals surface area contributed by atoms with Crippen LogP contribution in [0.25, 0.3) is 0 Å². The zero-order chi connectivity index (χ0) is 11.8. The molecule has 1 N–H and O–H groups in total. The van der Waals surface area contributed by atoms with E-state index in [2.05, 4.69) is 32.2 Å². The highest BCUT2D eigenvalue weighted by Crippen LogP contribution is 2.16. The third kappa shape index (κ3) is 4.40. The molecule has 0 bridgehead atoms. The van der Waals surface area contributed by atoms with E-state index in [0.29, 0.717) is 6.04 Å². The number of furan rings is 1. The topological polar surface area (TPSA) is 25.2 Å². The minimum Gasteiger partial charge on any atom is -0.469 e. The molecule has 2 atom stereocenters. The minimum absolute atomic E-state index is 0.620. The Kier molecular flexibility index (Phi) is 6.24. The van der Waals surface area contributed by atoms with Crippen LogP contribution >= 0.6 is 0 Å². The molecule has 2 unspecified atom stereocenters. The molecule has 0 aliphatic rings. The van der Waals surface area contributed by atoms with Crippen LogP contribution in [0.1, 0.15) is 45.8 Å². The van der Waals surface area contributed by atoms with Crippen molar-refractivity contribution in [3.63, 3.8) is 0 Å². The molecule has 0 amide bonds. The Balaban J connectivity index is 2.38. The van der Waals surface area contributed by atoms with Crippen molar-refractivity contribution in [2.24, 2.45) is 5.92 Å². The maximum Gasteiger partial charge on any atom is 0.103 e. The third-order valence-electron chi connectivity index (χ3n) is 3.18. The molecule has 0 saturated carbocycles. The summed E-state index contributed by atoms with van der Waals surface area (Å²) in [5, 5.41) is 3.59. The van der Waals surface area contributed by atoms with Crippen LogP contribution in [0.15, 0.2) is 22.8 Å². The van der Waals surface area contributed by atoms with Crippen molar-refractivity contribution < 1.29 is 4.42 Å². The van der Waals surface area contributed by atoms with Crippen LogP contribution in [0.4, 0.5) is 0 Å². The van der Waals surface area contributed by atoms with Crippen molar-refractivity contribution in [3.8, 4) is 0 Å². The maximum absolute atomic E-state index is 5.37. The van der Waals surface area contributed by atoms with E-state index in [-0.39, 0.29) is 0 Å². The summed E-state index contributed by atoms with van der Waals surface area (Å²) in [4.78, 5) is 0. The zero-order valence-corrected chi connectivity index (χ0v) is 10.8. The van der Waals surface area contributed by atoms with E-state index in [1.807, 2.05) is 6.07 Å². The van der Waals surface area contributed by atoms with Gasteiger partial charge in [-0.3, -0.25) is 0 Å². The van der Waals surface area contributed by atoms with Gasteiger partial charge in [0.1, 0.15) is 5.76 Å². The first-order chi connectivity index (χ1) is 7.77. The van der Waals surface area contributed by atoms with Crippen molar-refractivity contribution in [2.75, 3.05) is 6.54 Å². The van der Waals surface area contributed by atoms with E-state index in [1.54, 1.807) is 6.26 Å². The number of hydrogen-bond acceptors (Lipinski definition) is 2. The lowest BCUT2D eigenvalue weighted by Gasteiger charge is -2.24. The summed E-state index contributed by atoms with van der Waals surface area (Å²) in [6.07, 6.45) is 6.54. The number of aryl methyl sites for hydroxylation is 1. The van der Waals surface area contributed by atoms with Crippen LogP contribution in [0.2, 0.25) is 0 Å². The molecule has 0 aromatic carbocycles. The van der Waals surface area contributed by atoms with Gasteiger partial charge in [0.15, 0.2) is 0 Å². The summed E-state index contributed by atoms with van der Waals surface area (Å²) in [7, 11) is 0. The van der Waals surface area contributed by atoms with Gasteiger partial charge in [0.05, 0.1) is 6.26 Å². The van der Waals surface area contributed by atoms with Crippen molar-refractivity contribution in [1.29, 1.82) is 0 Å². The highest BCUT2D eigenvalue weighted by molar-refractivity contribution is 4.98. The lowest BCUT2D eigenvalue weighted by atomic mass is 9.93. The number of nitrogens with one attached hydrogen (secondary N) is 1. The molecular formula is C14H25NO. The number of hydrogen-bond donors (Lipinski definition) is 1. The highest BCUT2D eigenvalue weighted by atomic mass is 16.3. The zero-order valence-electron chi connectivity index (χ0n) is 10.8. The van der Waals surface area contributed by atoms with Crippen LogP contribution < -0.4 is 5.32 Å². The molecule has 0 aliphatic carbocycles. The SMILES string of the molecule is CCCC(C)C(CCc1ccco1)NCC. The monoisotopic (exact) mass is 223 g/mol. The normalized spacial score (nSPS) is 14.9. The fraction of sp³-hybridized carbons (Fsp3) is 0.714. The van der Waals surface area contributed by atoms with E-state index >= 15 is 0 Å². The molecule has 0 aliphatic heterocycles. The molecule has 0 saturated heterocycles. The van der Waals surface area contributed by atoms with Gasteiger partial charge in [0, 0.05) is 12.5 Å². The quantitative estimate of drug-likeness (QED) is 0.728. The van der Waals surface area contributed by atoms with E-state index in [0.717, 1.165) is 24.6 Å². The van der Waals surface area contributed by atoms with Gasteiger partial charge < -0.3 is 9.73 Å². The minimum atomic E-state index is 0.620. The Bertz CT molecular complexity index is 256. The van der Waals surface area contributed by atoms with Gasteiger partial charge in [-0.25, -0.2) is 0 Å². The van der Waals surface area contributed by atoms with E-state index in [9.17, 15) is 0 Å². The second kappa shape index (κ2) is 7.50. The van der Waals surface area contributed by atoms with Crippen LogP contribution in [-0.2, 0) is 6.42 Å². The van der Waals surface area contributed by atoms with Gasteiger partial charge in [-0.1, -0.05) is 27.2 Å². The first-order valence-corrected chi connectivity index (χ1v) is 6.53. The van der Waals surface area contributed by atoms with Gasteiger partial charge in [-0.15, -0.1) is 0 Å². The average molecular weight is 223 g/mol.